The minimum atomic E-state index is 0.438. The first-order chi connectivity index (χ1) is 7.75. The third-order valence-corrected chi connectivity index (χ3v) is 3.16. The molecular formula is C11H14Cl2N2O. The molecule has 0 atom stereocenters. The fourth-order valence-electron chi connectivity index (χ4n) is 1.75. The molecule has 0 saturated carbocycles. The highest BCUT2D eigenvalue weighted by Gasteiger charge is 2.11. The van der Waals surface area contributed by atoms with Crippen LogP contribution in [-0.4, -0.2) is 36.2 Å². The molecule has 0 unspecified atom stereocenters. The molecule has 0 bridgehead atoms. The van der Waals surface area contributed by atoms with Crippen molar-refractivity contribution in [2.45, 2.75) is 13.0 Å². The Morgan fingerprint density at radius 2 is 2.19 bits per heavy atom. The maximum atomic E-state index is 6.11. The first-order valence-electron chi connectivity index (χ1n) is 5.36. The summed E-state index contributed by atoms with van der Waals surface area (Å²) in [5.74, 6) is 0. The number of halogens is 2. The van der Waals surface area contributed by atoms with E-state index in [-0.39, 0.29) is 0 Å². The second-order valence-corrected chi connectivity index (χ2v) is 4.63. The van der Waals surface area contributed by atoms with Crippen molar-refractivity contribution in [3.05, 3.63) is 28.0 Å². The standard InChI is InChI=1S/C11H14Cl2N2O/c12-10-6-11(13)14-7-9(10)8-15-2-1-4-16-5-3-15/h6-7H,1-5,8H2. The van der Waals surface area contributed by atoms with Gasteiger partial charge in [-0.15, -0.1) is 0 Å². The number of hydrogen-bond acceptors (Lipinski definition) is 3. The second-order valence-electron chi connectivity index (χ2n) is 3.84. The molecule has 16 heavy (non-hydrogen) atoms. The van der Waals surface area contributed by atoms with Crippen molar-refractivity contribution in [2.24, 2.45) is 0 Å². The van der Waals surface area contributed by atoms with Crippen LogP contribution in [0.25, 0.3) is 0 Å². The van der Waals surface area contributed by atoms with Crippen molar-refractivity contribution in [1.29, 1.82) is 0 Å². The van der Waals surface area contributed by atoms with Crippen LogP contribution in [0.15, 0.2) is 12.3 Å². The molecule has 1 aliphatic heterocycles. The first-order valence-corrected chi connectivity index (χ1v) is 6.11. The number of rotatable bonds is 2. The summed E-state index contributed by atoms with van der Waals surface area (Å²) >= 11 is 11.9. The van der Waals surface area contributed by atoms with Crippen molar-refractivity contribution in [3.8, 4) is 0 Å². The van der Waals surface area contributed by atoms with Gasteiger partial charge in [-0.2, -0.15) is 0 Å². The van der Waals surface area contributed by atoms with E-state index in [4.69, 9.17) is 27.9 Å². The molecule has 88 valence electrons. The van der Waals surface area contributed by atoms with Gasteiger partial charge in [-0.05, 0) is 12.5 Å². The lowest BCUT2D eigenvalue weighted by atomic mass is 10.2. The van der Waals surface area contributed by atoms with E-state index in [1.807, 2.05) is 0 Å². The van der Waals surface area contributed by atoms with Crippen LogP contribution in [0, 0.1) is 0 Å². The minimum absolute atomic E-state index is 0.438. The van der Waals surface area contributed by atoms with Gasteiger partial charge in [0, 0.05) is 43.0 Å². The van der Waals surface area contributed by atoms with Gasteiger partial charge in [-0.1, -0.05) is 23.2 Å². The molecule has 0 amide bonds. The molecule has 0 radical (unpaired) electrons. The lowest BCUT2D eigenvalue weighted by molar-refractivity contribution is 0.140. The molecule has 5 heteroatoms. The van der Waals surface area contributed by atoms with Crippen LogP contribution < -0.4 is 0 Å². The van der Waals surface area contributed by atoms with Crippen LogP contribution in [0.5, 0.6) is 0 Å². The minimum Gasteiger partial charge on any atom is -0.380 e. The maximum Gasteiger partial charge on any atom is 0.130 e. The number of aromatic nitrogens is 1. The Morgan fingerprint density at radius 3 is 3.00 bits per heavy atom. The fraction of sp³-hybridized carbons (Fsp3) is 0.545. The van der Waals surface area contributed by atoms with Crippen molar-refractivity contribution in [3.63, 3.8) is 0 Å². The molecule has 0 spiro atoms. The Bertz CT molecular complexity index is 352. The number of nitrogens with zero attached hydrogens (tertiary/aromatic N) is 2. The van der Waals surface area contributed by atoms with Gasteiger partial charge in [0.25, 0.3) is 0 Å². The molecule has 2 rings (SSSR count). The average molecular weight is 261 g/mol. The van der Waals surface area contributed by atoms with Gasteiger partial charge < -0.3 is 4.74 Å². The van der Waals surface area contributed by atoms with Crippen LogP contribution in [0.4, 0.5) is 0 Å². The molecule has 3 nitrogen and oxygen atoms in total. The largest absolute Gasteiger partial charge is 0.380 e. The van der Waals surface area contributed by atoms with Gasteiger partial charge in [-0.25, -0.2) is 4.98 Å². The van der Waals surface area contributed by atoms with Crippen LogP contribution in [0.1, 0.15) is 12.0 Å². The first kappa shape index (κ1) is 12.1. The van der Waals surface area contributed by atoms with E-state index in [0.29, 0.717) is 10.2 Å². The number of hydrogen-bond donors (Lipinski definition) is 0. The topological polar surface area (TPSA) is 25.4 Å². The van der Waals surface area contributed by atoms with Gasteiger partial charge in [0.05, 0.1) is 6.61 Å². The van der Waals surface area contributed by atoms with Crippen molar-refractivity contribution in [2.75, 3.05) is 26.3 Å². The van der Waals surface area contributed by atoms with Crippen LogP contribution in [0.2, 0.25) is 10.2 Å². The second kappa shape index (κ2) is 5.82. The fourth-order valence-corrected chi connectivity index (χ4v) is 2.17. The summed E-state index contributed by atoms with van der Waals surface area (Å²) in [6, 6.07) is 1.69. The molecule has 1 aliphatic rings. The Balaban J connectivity index is 2.01. The third kappa shape index (κ3) is 3.32. The Kier molecular flexibility index (Phi) is 4.41. The van der Waals surface area contributed by atoms with Gasteiger partial charge in [-0.3, -0.25) is 4.90 Å². The van der Waals surface area contributed by atoms with E-state index in [1.54, 1.807) is 12.3 Å². The molecule has 0 aromatic carbocycles. The lowest BCUT2D eigenvalue weighted by Crippen LogP contribution is -2.26. The summed E-state index contributed by atoms with van der Waals surface area (Å²) < 4.78 is 5.40. The smallest absolute Gasteiger partial charge is 0.130 e. The third-order valence-electron chi connectivity index (χ3n) is 2.61. The molecular weight excluding hydrogens is 247 g/mol. The van der Waals surface area contributed by atoms with E-state index in [9.17, 15) is 0 Å². The lowest BCUT2D eigenvalue weighted by Gasteiger charge is -2.19. The highest BCUT2D eigenvalue weighted by atomic mass is 35.5. The highest BCUT2D eigenvalue weighted by molar-refractivity contribution is 6.34. The Hall–Kier alpha value is -0.350. The highest BCUT2D eigenvalue weighted by Crippen LogP contribution is 2.20. The molecule has 1 saturated heterocycles. The van der Waals surface area contributed by atoms with Crippen molar-refractivity contribution < 1.29 is 4.74 Å². The summed E-state index contributed by atoms with van der Waals surface area (Å²) in [5.41, 5.74) is 1.02. The summed E-state index contributed by atoms with van der Waals surface area (Å²) in [4.78, 5) is 6.38. The van der Waals surface area contributed by atoms with Gasteiger partial charge >= 0.3 is 0 Å². The maximum absolute atomic E-state index is 6.11. The predicted octanol–water partition coefficient (Wildman–Crippen LogP) is 2.61. The Morgan fingerprint density at radius 1 is 1.31 bits per heavy atom. The predicted molar refractivity (Wildman–Crippen MR) is 65.0 cm³/mol. The zero-order valence-electron chi connectivity index (χ0n) is 8.96. The monoisotopic (exact) mass is 260 g/mol. The summed E-state index contributed by atoms with van der Waals surface area (Å²) in [5, 5.41) is 1.12. The summed E-state index contributed by atoms with van der Waals surface area (Å²) in [6.45, 7) is 4.44. The molecule has 1 fully saturated rings. The van der Waals surface area contributed by atoms with Crippen molar-refractivity contribution in [1.82, 2.24) is 9.88 Å². The summed E-state index contributed by atoms with van der Waals surface area (Å²) in [7, 11) is 0. The summed E-state index contributed by atoms with van der Waals surface area (Å²) in [6.07, 6.45) is 2.81. The SMILES string of the molecule is Clc1cc(Cl)c(CN2CCCOCC2)cn1. The Labute approximate surface area is 105 Å². The van der Waals surface area contributed by atoms with E-state index in [1.165, 1.54) is 0 Å². The molecule has 0 aliphatic carbocycles. The normalized spacial score (nSPS) is 18.4. The van der Waals surface area contributed by atoms with Crippen LogP contribution >= 0.6 is 23.2 Å². The average Bonchev–Trinajstić information content (AvgIpc) is 2.51. The zero-order valence-corrected chi connectivity index (χ0v) is 10.5. The molecule has 2 heterocycles. The van der Waals surface area contributed by atoms with E-state index in [2.05, 4.69) is 9.88 Å². The van der Waals surface area contributed by atoms with E-state index in [0.717, 1.165) is 44.8 Å². The molecule has 1 aromatic rings. The van der Waals surface area contributed by atoms with Crippen LogP contribution in [-0.2, 0) is 11.3 Å². The van der Waals surface area contributed by atoms with E-state index < -0.39 is 0 Å². The number of ether oxygens (including phenoxy) is 1. The van der Waals surface area contributed by atoms with Gasteiger partial charge in [0.1, 0.15) is 5.15 Å². The quantitative estimate of drug-likeness (QED) is 0.765. The molecule has 0 N–H and O–H groups in total. The van der Waals surface area contributed by atoms with Gasteiger partial charge in [0.2, 0.25) is 0 Å². The van der Waals surface area contributed by atoms with E-state index >= 15 is 0 Å². The van der Waals surface area contributed by atoms with Crippen molar-refractivity contribution >= 4 is 23.2 Å². The number of pyridine rings is 1. The van der Waals surface area contributed by atoms with Gasteiger partial charge in [0.15, 0.2) is 0 Å². The molecule has 1 aromatic heterocycles. The zero-order chi connectivity index (χ0) is 11.4. The van der Waals surface area contributed by atoms with Crippen LogP contribution in [0.3, 0.4) is 0 Å².